The lowest BCUT2D eigenvalue weighted by Crippen LogP contribution is -2.55. The van der Waals surface area contributed by atoms with Crippen LogP contribution in [-0.2, 0) is 32.8 Å². The van der Waals surface area contributed by atoms with E-state index in [-0.39, 0.29) is 11.9 Å². The SMILES string of the molecule is COCCCc1cc(CN(C(=O)[C@H]2CNCC[C@]2(O)c2ccccc2OC)C2CC2)cc(OCCOC)c1. The van der Waals surface area contributed by atoms with Crippen LogP contribution in [0.25, 0.3) is 0 Å². The Labute approximate surface area is 226 Å². The zero-order valence-electron chi connectivity index (χ0n) is 22.9. The first kappa shape index (κ1) is 28.4. The lowest BCUT2D eigenvalue weighted by atomic mass is 9.75. The van der Waals surface area contributed by atoms with E-state index < -0.39 is 11.5 Å². The summed E-state index contributed by atoms with van der Waals surface area (Å²) in [6.07, 6.45) is 4.16. The molecule has 0 spiro atoms. The van der Waals surface area contributed by atoms with Gasteiger partial charge in [-0.1, -0.05) is 24.3 Å². The number of nitrogens with one attached hydrogen (secondary N) is 1. The predicted molar refractivity (Wildman–Crippen MR) is 145 cm³/mol. The van der Waals surface area contributed by atoms with Gasteiger partial charge in [0.1, 0.15) is 23.7 Å². The number of methoxy groups -OCH3 is 3. The summed E-state index contributed by atoms with van der Waals surface area (Å²) in [4.78, 5) is 16.1. The first-order valence-electron chi connectivity index (χ1n) is 13.6. The number of aliphatic hydroxyl groups is 1. The average Bonchev–Trinajstić information content (AvgIpc) is 3.77. The summed E-state index contributed by atoms with van der Waals surface area (Å²) in [5, 5.41) is 15.4. The first-order valence-corrected chi connectivity index (χ1v) is 13.6. The molecular formula is C30H42N2O6. The van der Waals surface area contributed by atoms with Gasteiger partial charge >= 0.3 is 0 Å². The van der Waals surface area contributed by atoms with Crippen molar-refractivity contribution in [2.24, 2.45) is 5.92 Å². The number of carbonyl (C=O) groups is 1. The number of nitrogens with zero attached hydrogens (tertiary/aromatic N) is 1. The van der Waals surface area contributed by atoms with E-state index in [0.29, 0.717) is 57.2 Å². The predicted octanol–water partition coefficient (Wildman–Crippen LogP) is 3.29. The summed E-state index contributed by atoms with van der Waals surface area (Å²) in [5.41, 5.74) is 1.54. The fraction of sp³-hybridized carbons (Fsp3) is 0.567. The topological polar surface area (TPSA) is 89.5 Å². The van der Waals surface area contributed by atoms with Gasteiger partial charge < -0.3 is 34.3 Å². The van der Waals surface area contributed by atoms with Crippen LogP contribution in [0.2, 0.25) is 0 Å². The highest BCUT2D eigenvalue weighted by Crippen LogP contribution is 2.42. The van der Waals surface area contributed by atoms with Crippen molar-refractivity contribution in [3.63, 3.8) is 0 Å². The number of aryl methyl sites for hydroxylation is 1. The molecule has 0 bridgehead atoms. The summed E-state index contributed by atoms with van der Waals surface area (Å²) in [6.45, 7) is 3.18. The van der Waals surface area contributed by atoms with Crippen molar-refractivity contribution in [2.45, 2.75) is 50.3 Å². The maximum absolute atomic E-state index is 14.2. The highest BCUT2D eigenvalue weighted by molar-refractivity contribution is 5.81. The first-order chi connectivity index (χ1) is 18.5. The van der Waals surface area contributed by atoms with Crippen LogP contribution in [0, 0.1) is 5.92 Å². The lowest BCUT2D eigenvalue weighted by Gasteiger charge is -2.42. The molecule has 2 aliphatic rings. The van der Waals surface area contributed by atoms with Gasteiger partial charge in [-0.15, -0.1) is 0 Å². The third-order valence-corrected chi connectivity index (χ3v) is 7.50. The molecule has 1 amide bonds. The second-order valence-corrected chi connectivity index (χ2v) is 10.3. The van der Waals surface area contributed by atoms with Gasteiger partial charge in [-0.25, -0.2) is 0 Å². The normalized spacial score (nSPS) is 21.2. The Kier molecular flexibility index (Phi) is 10.0. The fourth-order valence-electron chi connectivity index (χ4n) is 5.37. The van der Waals surface area contributed by atoms with E-state index in [0.717, 1.165) is 42.6 Å². The van der Waals surface area contributed by atoms with Crippen molar-refractivity contribution < 1.29 is 28.8 Å². The number of amides is 1. The summed E-state index contributed by atoms with van der Waals surface area (Å²) in [7, 11) is 4.96. The number of hydrogen-bond donors (Lipinski definition) is 2. The Morgan fingerprint density at radius 2 is 1.82 bits per heavy atom. The highest BCUT2D eigenvalue weighted by Gasteiger charge is 2.49. The van der Waals surface area contributed by atoms with Gasteiger partial charge in [0.05, 0.1) is 19.6 Å². The number of rotatable bonds is 14. The van der Waals surface area contributed by atoms with Crippen LogP contribution in [0.3, 0.4) is 0 Å². The molecule has 0 aromatic heterocycles. The highest BCUT2D eigenvalue weighted by atomic mass is 16.5. The largest absolute Gasteiger partial charge is 0.496 e. The van der Waals surface area contributed by atoms with E-state index in [1.807, 2.05) is 35.2 Å². The van der Waals surface area contributed by atoms with Crippen LogP contribution in [0.4, 0.5) is 0 Å². The van der Waals surface area contributed by atoms with Crippen LogP contribution in [-0.4, -0.2) is 76.2 Å². The van der Waals surface area contributed by atoms with E-state index in [1.165, 1.54) is 0 Å². The minimum atomic E-state index is -1.31. The van der Waals surface area contributed by atoms with Gasteiger partial charge in [-0.3, -0.25) is 4.79 Å². The zero-order valence-corrected chi connectivity index (χ0v) is 22.9. The van der Waals surface area contributed by atoms with E-state index in [4.69, 9.17) is 18.9 Å². The summed E-state index contributed by atoms with van der Waals surface area (Å²) < 4.78 is 21.9. The van der Waals surface area contributed by atoms with E-state index >= 15 is 0 Å². The molecular weight excluding hydrogens is 484 g/mol. The van der Waals surface area contributed by atoms with E-state index in [1.54, 1.807) is 21.3 Å². The molecule has 1 aliphatic carbocycles. The van der Waals surface area contributed by atoms with Crippen molar-refractivity contribution in [2.75, 3.05) is 54.2 Å². The van der Waals surface area contributed by atoms with E-state index in [2.05, 4.69) is 17.4 Å². The smallest absolute Gasteiger partial charge is 0.230 e. The van der Waals surface area contributed by atoms with Crippen LogP contribution >= 0.6 is 0 Å². The Hall–Kier alpha value is -2.65. The van der Waals surface area contributed by atoms with Crippen LogP contribution < -0.4 is 14.8 Å². The van der Waals surface area contributed by atoms with Gasteiger partial charge in [-0.2, -0.15) is 0 Å². The number of para-hydroxylation sites is 1. The molecule has 2 aromatic carbocycles. The molecule has 2 fully saturated rings. The molecule has 2 aromatic rings. The van der Waals surface area contributed by atoms with Crippen LogP contribution in [0.5, 0.6) is 11.5 Å². The van der Waals surface area contributed by atoms with Crippen molar-refractivity contribution in [1.29, 1.82) is 0 Å². The van der Waals surface area contributed by atoms with Crippen molar-refractivity contribution >= 4 is 5.91 Å². The zero-order chi connectivity index (χ0) is 27.0. The number of hydrogen-bond acceptors (Lipinski definition) is 7. The quantitative estimate of drug-likeness (QED) is 0.365. The van der Waals surface area contributed by atoms with E-state index in [9.17, 15) is 9.90 Å². The standard InChI is InChI=1S/C30H42N2O6/c1-35-14-6-7-22-17-23(19-25(18-22)38-16-15-36-2)21-32(24-10-11-24)29(33)27-20-31-13-12-30(27,34)26-8-4-5-9-28(26)37-3/h4-5,8-9,17-19,24,27,31,34H,6-7,10-16,20-21H2,1-3H3/t27-,30+/m1/s1. The minimum Gasteiger partial charge on any atom is -0.496 e. The van der Waals surface area contributed by atoms with Crippen molar-refractivity contribution in [3.05, 3.63) is 59.2 Å². The molecule has 2 atom stereocenters. The lowest BCUT2D eigenvalue weighted by molar-refractivity contribution is -0.150. The van der Waals surface area contributed by atoms with Crippen molar-refractivity contribution in [1.82, 2.24) is 10.2 Å². The Bertz CT molecular complexity index is 1030. The molecule has 8 heteroatoms. The molecule has 38 heavy (non-hydrogen) atoms. The Morgan fingerprint density at radius 3 is 2.55 bits per heavy atom. The molecule has 1 saturated heterocycles. The molecule has 1 saturated carbocycles. The van der Waals surface area contributed by atoms with Gasteiger partial charge in [0, 0.05) is 45.5 Å². The molecule has 0 unspecified atom stereocenters. The minimum absolute atomic E-state index is 0.0280. The van der Waals surface area contributed by atoms with Crippen LogP contribution in [0.1, 0.15) is 42.4 Å². The molecule has 1 heterocycles. The maximum atomic E-state index is 14.2. The summed E-state index contributed by atoms with van der Waals surface area (Å²) in [5.74, 6) is 0.740. The number of piperidine rings is 1. The third-order valence-electron chi connectivity index (χ3n) is 7.50. The Balaban J connectivity index is 1.60. The number of carbonyl (C=O) groups excluding carboxylic acids is 1. The monoisotopic (exact) mass is 526 g/mol. The van der Waals surface area contributed by atoms with Crippen molar-refractivity contribution in [3.8, 4) is 11.5 Å². The molecule has 1 aliphatic heterocycles. The third kappa shape index (κ3) is 6.86. The number of benzene rings is 2. The molecule has 0 radical (unpaired) electrons. The average molecular weight is 527 g/mol. The Morgan fingerprint density at radius 1 is 1.05 bits per heavy atom. The molecule has 2 N–H and O–H groups in total. The molecule has 8 nitrogen and oxygen atoms in total. The second-order valence-electron chi connectivity index (χ2n) is 10.3. The van der Waals surface area contributed by atoms with Gasteiger partial charge in [0.15, 0.2) is 0 Å². The fourth-order valence-corrected chi connectivity index (χ4v) is 5.37. The van der Waals surface area contributed by atoms with Gasteiger partial charge in [-0.05, 0) is 68.0 Å². The molecule has 4 rings (SSSR count). The van der Waals surface area contributed by atoms with Gasteiger partial charge in [0.25, 0.3) is 0 Å². The van der Waals surface area contributed by atoms with Gasteiger partial charge in [0.2, 0.25) is 5.91 Å². The maximum Gasteiger partial charge on any atom is 0.230 e. The van der Waals surface area contributed by atoms with Crippen LogP contribution in [0.15, 0.2) is 42.5 Å². The molecule has 208 valence electrons. The summed E-state index contributed by atoms with van der Waals surface area (Å²) in [6, 6.07) is 13.9. The summed E-state index contributed by atoms with van der Waals surface area (Å²) >= 11 is 0. The second kappa shape index (κ2) is 13.4. The number of ether oxygens (including phenoxy) is 4.